The Labute approximate surface area is 157 Å². The van der Waals surface area contributed by atoms with Gasteiger partial charge in [-0.05, 0) is 42.8 Å². The van der Waals surface area contributed by atoms with Crippen molar-refractivity contribution < 1.29 is 19.0 Å². The van der Waals surface area contributed by atoms with Crippen LogP contribution in [0.25, 0.3) is 22.2 Å². The van der Waals surface area contributed by atoms with Crippen LogP contribution in [0.1, 0.15) is 5.56 Å². The van der Waals surface area contributed by atoms with E-state index in [1.807, 2.05) is 24.0 Å². The molecule has 6 heteroatoms. The van der Waals surface area contributed by atoms with Crippen molar-refractivity contribution in [1.82, 2.24) is 4.98 Å². The van der Waals surface area contributed by atoms with E-state index in [-0.39, 0.29) is 11.6 Å². The van der Waals surface area contributed by atoms with E-state index < -0.39 is 0 Å². The normalized spacial score (nSPS) is 14.6. The largest absolute Gasteiger partial charge is 0.508 e. The van der Waals surface area contributed by atoms with Crippen LogP contribution in [-0.4, -0.2) is 43.5 Å². The van der Waals surface area contributed by atoms with Crippen LogP contribution in [0.3, 0.4) is 0 Å². The van der Waals surface area contributed by atoms with Crippen molar-refractivity contribution in [2.75, 3.05) is 38.3 Å². The van der Waals surface area contributed by atoms with E-state index in [0.29, 0.717) is 54.5 Å². The Kier molecular flexibility index (Phi) is 4.58. The van der Waals surface area contributed by atoms with Crippen molar-refractivity contribution in [2.45, 2.75) is 6.92 Å². The molecule has 1 aromatic heterocycles. The van der Waals surface area contributed by atoms with Gasteiger partial charge in [-0.2, -0.15) is 0 Å². The topological polar surface area (TPSA) is 54.8 Å². The van der Waals surface area contributed by atoms with Crippen molar-refractivity contribution >= 4 is 16.6 Å². The van der Waals surface area contributed by atoms with Gasteiger partial charge >= 0.3 is 0 Å². The number of benzene rings is 2. The van der Waals surface area contributed by atoms with Gasteiger partial charge < -0.3 is 19.5 Å². The lowest BCUT2D eigenvalue weighted by Gasteiger charge is -2.29. The summed E-state index contributed by atoms with van der Waals surface area (Å²) in [4.78, 5) is 6.63. The molecule has 2 heterocycles. The third kappa shape index (κ3) is 3.28. The van der Waals surface area contributed by atoms with Crippen LogP contribution in [0.2, 0.25) is 0 Å². The smallest absolute Gasteiger partial charge is 0.148 e. The van der Waals surface area contributed by atoms with Gasteiger partial charge in [0.05, 0.1) is 37.2 Å². The molecule has 0 aliphatic carbocycles. The Morgan fingerprint density at radius 2 is 1.93 bits per heavy atom. The molecular weight excluding hydrogens is 347 g/mol. The molecule has 0 spiro atoms. The molecule has 1 N–H and O–H groups in total. The van der Waals surface area contributed by atoms with Crippen LogP contribution in [0, 0.1) is 12.7 Å². The van der Waals surface area contributed by atoms with Crippen LogP contribution in [0.15, 0.2) is 36.4 Å². The van der Waals surface area contributed by atoms with Crippen LogP contribution in [0.5, 0.6) is 11.5 Å². The minimum atomic E-state index is -0.295. The molecule has 0 amide bonds. The van der Waals surface area contributed by atoms with Crippen molar-refractivity contribution in [3.63, 3.8) is 0 Å². The van der Waals surface area contributed by atoms with Gasteiger partial charge in [-0.1, -0.05) is 0 Å². The molecule has 1 aliphatic rings. The first kappa shape index (κ1) is 17.5. The van der Waals surface area contributed by atoms with Crippen molar-refractivity contribution in [1.29, 1.82) is 0 Å². The second kappa shape index (κ2) is 7.04. The number of ether oxygens (including phenoxy) is 2. The number of pyridine rings is 1. The van der Waals surface area contributed by atoms with Gasteiger partial charge in [-0.3, -0.25) is 0 Å². The lowest BCUT2D eigenvalue weighted by atomic mass is 10.0. The Morgan fingerprint density at radius 3 is 2.67 bits per heavy atom. The summed E-state index contributed by atoms with van der Waals surface area (Å²) in [5, 5.41) is 10.7. The number of anilines is 1. The number of fused-ring (bicyclic) bond motifs is 1. The second-order valence-corrected chi connectivity index (χ2v) is 6.63. The first-order valence-corrected chi connectivity index (χ1v) is 8.88. The molecule has 140 valence electrons. The molecule has 27 heavy (non-hydrogen) atoms. The average molecular weight is 368 g/mol. The number of methoxy groups -OCH3 is 1. The fraction of sp³-hybridized carbons (Fsp3) is 0.286. The highest BCUT2D eigenvalue weighted by molar-refractivity contribution is 5.89. The third-order valence-electron chi connectivity index (χ3n) is 4.89. The molecule has 1 aliphatic heterocycles. The summed E-state index contributed by atoms with van der Waals surface area (Å²) in [6.45, 7) is 4.53. The maximum atomic E-state index is 14.8. The highest BCUT2D eigenvalue weighted by atomic mass is 19.1. The van der Waals surface area contributed by atoms with E-state index in [2.05, 4.69) is 4.98 Å². The summed E-state index contributed by atoms with van der Waals surface area (Å²) in [5.41, 5.74) is 3.43. The standard InChI is InChI=1S/C21H21FN2O3/c1-13-9-18(16-10-14(25)3-4-21(16)26-2)23-19-12-17(22)20(11-15(13)19)24-5-7-27-8-6-24/h3-4,9-12,25H,5-8H2,1-2H3. The summed E-state index contributed by atoms with van der Waals surface area (Å²) < 4.78 is 25.5. The third-order valence-corrected chi connectivity index (χ3v) is 4.89. The number of morpholine rings is 1. The zero-order valence-electron chi connectivity index (χ0n) is 15.3. The molecule has 2 aromatic carbocycles. The quantitative estimate of drug-likeness (QED) is 0.760. The molecule has 0 radical (unpaired) electrons. The van der Waals surface area contributed by atoms with Gasteiger partial charge in [-0.15, -0.1) is 0 Å². The highest BCUT2D eigenvalue weighted by Gasteiger charge is 2.18. The van der Waals surface area contributed by atoms with Crippen LogP contribution in [-0.2, 0) is 4.74 Å². The number of halogens is 1. The fourth-order valence-corrected chi connectivity index (χ4v) is 3.49. The predicted molar refractivity (Wildman–Crippen MR) is 103 cm³/mol. The number of aryl methyl sites for hydroxylation is 1. The molecule has 1 fully saturated rings. The summed E-state index contributed by atoms with van der Waals surface area (Å²) in [5.74, 6) is 0.431. The van der Waals surface area contributed by atoms with Gasteiger partial charge in [0.2, 0.25) is 0 Å². The first-order valence-electron chi connectivity index (χ1n) is 8.88. The Balaban J connectivity index is 1.84. The zero-order chi connectivity index (χ0) is 19.0. The molecule has 0 atom stereocenters. The van der Waals surface area contributed by atoms with E-state index in [4.69, 9.17) is 9.47 Å². The minimum Gasteiger partial charge on any atom is -0.508 e. The van der Waals surface area contributed by atoms with E-state index in [1.165, 1.54) is 6.07 Å². The molecule has 3 aromatic rings. The summed E-state index contributed by atoms with van der Waals surface area (Å²) >= 11 is 0. The second-order valence-electron chi connectivity index (χ2n) is 6.63. The van der Waals surface area contributed by atoms with Gasteiger partial charge in [0.1, 0.15) is 17.3 Å². The fourth-order valence-electron chi connectivity index (χ4n) is 3.49. The van der Waals surface area contributed by atoms with Crippen LogP contribution >= 0.6 is 0 Å². The average Bonchev–Trinajstić information content (AvgIpc) is 2.68. The maximum absolute atomic E-state index is 14.8. The van der Waals surface area contributed by atoms with Gasteiger partial charge in [0.15, 0.2) is 0 Å². The number of phenols is 1. The molecule has 4 rings (SSSR count). The molecule has 0 bridgehead atoms. The Hall–Kier alpha value is -2.86. The van der Waals surface area contributed by atoms with E-state index in [1.54, 1.807) is 25.3 Å². The number of hydrogen-bond acceptors (Lipinski definition) is 5. The van der Waals surface area contributed by atoms with E-state index >= 15 is 0 Å². The number of rotatable bonds is 3. The summed E-state index contributed by atoms with van der Waals surface area (Å²) in [6.07, 6.45) is 0. The Bertz CT molecular complexity index is 1000. The van der Waals surface area contributed by atoms with Gasteiger partial charge in [0, 0.05) is 30.1 Å². The SMILES string of the molecule is COc1ccc(O)cc1-c1cc(C)c2cc(N3CCOCC3)c(F)cc2n1. The van der Waals surface area contributed by atoms with Crippen molar-refractivity contribution in [3.8, 4) is 22.8 Å². The summed E-state index contributed by atoms with van der Waals surface area (Å²) in [6, 6.07) is 10.1. The number of phenolic OH excluding ortho intramolecular Hbond substituents is 1. The number of hydrogen-bond donors (Lipinski definition) is 1. The lowest BCUT2D eigenvalue weighted by molar-refractivity contribution is 0.122. The molecule has 5 nitrogen and oxygen atoms in total. The van der Waals surface area contributed by atoms with Crippen molar-refractivity contribution in [2.24, 2.45) is 0 Å². The van der Waals surface area contributed by atoms with Crippen LogP contribution in [0.4, 0.5) is 10.1 Å². The molecule has 0 saturated carbocycles. The maximum Gasteiger partial charge on any atom is 0.148 e. The number of nitrogens with zero attached hydrogens (tertiary/aromatic N) is 2. The van der Waals surface area contributed by atoms with Crippen molar-refractivity contribution in [3.05, 3.63) is 47.8 Å². The minimum absolute atomic E-state index is 0.124. The molecule has 1 saturated heterocycles. The number of aromatic nitrogens is 1. The molecule has 0 unspecified atom stereocenters. The lowest BCUT2D eigenvalue weighted by Crippen LogP contribution is -2.36. The molecular formula is C21H21FN2O3. The Morgan fingerprint density at radius 1 is 1.15 bits per heavy atom. The van der Waals surface area contributed by atoms with Crippen LogP contribution < -0.4 is 9.64 Å². The monoisotopic (exact) mass is 368 g/mol. The first-order chi connectivity index (χ1) is 13.1. The predicted octanol–water partition coefficient (Wildman–Crippen LogP) is 3.90. The highest BCUT2D eigenvalue weighted by Crippen LogP contribution is 2.35. The van der Waals surface area contributed by atoms with Gasteiger partial charge in [-0.25, -0.2) is 9.37 Å². The zero-order valence-corrected chi connectivity index (χ0v) is 15.3. The summed E-state index contributed by atoms with van der Waals surface area (Å²) in [7, 11) is 1.57. The number of aromatic hydroxyl groups is 1. The van der Waals surface area contributed by atoms with Gasteiger partial charge in [0.25, 0.3) is 0 Å². The van der Waals surface area contributed by atoms with E-state index in [0.717, 1.165) is 10.9 Å². The van der Waals surface area contributed by atoms with E-state index in [9.17, 15) is 9.50 Å².